The van der Waals surface area contributed by atoms with Gasteiger partial charge in [-0.05, 0) is 35.9 Å². The molecule has 0 saturated carbocycles. The average molecular weight is 394 g/mol. The lowest BCUT2D eigenvalue weighted by molar-refractivity contribution is -0.384. The number of benzene rings is 3. The number of rotatable bonds is 4. The molecule has 0 saturated heterocycles. The van der Waals surface area contributed by atoms with Crippen LogP contribution in [0.5, 0.6) is 28.9 Å². The van der Waals surface area contributed by atoms with Crippen LogP contribution in [0, 0.1) is 10.1 Å². The summed E-state index contributed by atoms with van der Waals surface area (Å²) in [4.78, 5) is 14.6. The summed E-state index contributed by atoms with van der Waals surface area (Å²) in [6.45, 7) is 0.0390. The van der Waals surface area contributed by atoms with E-state index >= 15 is 0 Å². The summed E-state index contributed by atoms with van der Waals surface area (Å²) in [5.41, 5.74) is 0.914. The van der Waals surface area contributed by atoms with Crippen LogP contribution in [0.3, 0.4) is 0 Å². The van der Waals surface area contributed by atoms with Crippen molar-refractivity contribution in [1.29, 1.82) is 0 Å². The van der Waals surface area contributed by atoms with Gasteiger partial charge in [0.05, 0.1) is 10.4 Å². The summed E-state index contributed by atoms with van der Waals surface area (Å²) < 4.78 is 5.76. The summed E-state index contributed by atoms with van der Waals surface area (Å²) in [5.74, 6) is -1.34. The number of fused-ring (bicyclic) bond motifs is 3. The number of non-ortho nitro benzene ring substituents is 1. The van der Waals surface area contributed by atoms with E-state index in [4.69, 9.17) is 4.74 Å². The fourth-order valence-corrected chi connectivity index (χ4v) is 3.00. The van der Waals surface area contributed by atoms with Crippen LogP contribution in [0.4, 0.5) is 5.69 Å². The van der Waals surface area contributed by atoms with Crippen LogP contribution >= 0.6 is 0 Å². The van der Waals surface area contributed by atoms with Crippen LogP contribution in [0.2, 0.25) is 0 Å². The first-order chi connectivity index (χ1) is 13.8. The highest BCUT2D eigenvalue weighted by molar-refractivity contribution is 6.09. The number of aromatic nitrogens is 1. The van der Waals surface area contributed by atoms with E-state index < -0.39 is 4.92 Å². The third-order valence-corrected chi connectivity index (χ3v) is 4.47. The topological polar surface area (TPSA) is 146 Å². The molecule has 0 aliphatic carbocycles. The van der Waals surface area contributed by atoms with Gasteiger partial charge >= 0.3 is 0 Å². The number of hydrogen-bond donors (Lipinski definition) is 4. The normalized spacial score (nSPS) is 11.0. The van der Waals surface area contributed by atoms with E-state index in [1.54, 1.807) is 12.1 Å². The Balaban J connectivity index is 1.80. The highest BCUT2D eigenvalue weighted by Crippen LogP contribution is 2.40. The lowest BCUT2D eigenvalue weighted by Gasteiger charge is -2.13. The summed E-state index contributed by atoms with van der Waals surface area (Å²) in [6.07, 6.45) is 0. The first-order valence-electron chi connectivity index (χ1n) is 8.41. The van der Waals surface area contributed by atoms with Gasteiger partial charge in [-0.25, -0.2) is 4.98 Å². The van der Waals surface area contributed by atoms with E-state index in [0.717, 1.165) is 0 Å². The zero-order valence-electron chi connectivity index (χ0n) is 14.7. The standard InChI is InChI=1S/C20H14N2O7/c23-16-5-12-13-6-17(24)19(26)8-15(13)21-20(14(12)7-18(16)25)29-9-10-1-3-11(4-2-10)22(27)28/h1-8,23-26H,9H2. The van der Waals surface area contributed by atoms with Crippen molar-refractivity contribution < 1.29 is 30.1 Å². The predicted octanol–water partition coefficient (Wildman–Crippen LogP) is 3.70. The second kappa shape index (κ2) is 6.71. The Morgan fingerprint density at radius 2 is 1.38 bits per heavy atom. The van der Waals surface area contributed by atoms with Gasteiger partial charge in [-0.3, -0.25) is 10.1 Å². The molecule has 1 aromatic heterocycles. The second-order valence-electron chi connectivity index (χ2n) is 6.37. The quantitative estimate of drug-likeness (QED) is 0.177. The molecular weight excluding hydrogens is 380 g/mol. The van der Waals surface area contributed by atoms with E-state index in [1.807, 2.05) is 0 Å². The molecule has 0 spiro atoms. The summed E-state index contributed by atoms with van der Waals surface area (Å²) >= 11 is 0. The molecule has 1 heterocycles. The molecule has 4 N–H and O–H groups in total. The Labute approximate surface area is 162 Å². The third kappa shape index (κ3) is 3.25. The maximum atomic E-state index is 10.8. The lowest BCUT2D eigenvalue weighted by Crippen LogP contribution is -1.99. The number of hydrogen-bond acceptors (Lipinski definition) is 8. The second-order valence-corrected chi connectivity index (χ2v) is 6.37. The van der Waals surface area contributed by atoms with E-state index in [1.165, 1.54) is 36.4 Å². The highest BCUT2D eigenvalue weighted by atomic mass is 16.6. The van der Waals surface area contributed by atoms with Gasteiger partial charge < -0.3 is 25.2 Å². The minimum Gasteiger partial charge on any atom is -0.504 e. The Bertz CT molecular complexity index is 1270. The molecule has 4 aromatic rings. The van der Waals surface area contributed by atoms with E-state index in [0.29, 0.717) is 27.2 Å². The molecular formula is C20H14N2O7. The summed E-state index contributed by atoms with van der Waals surface area (Å²) in [6, 6.07) is 11.0. The van der Waals surface area contributed by atoms with Crippen molar-refractivity contribution in [2.75, 3.05) is 0 Å². The van der Waals surface area contributed by atoms with Crippen molar-refractivity contribution in [1.82, 2.24) is 4.98 Å². The largest absolute Gasteiger partial charge is 0.504 e. The number of ether oxygens (including phenoxy) is 1. The zero-order valence-corrected chi connectivity index (χ0v) is 14.7. The molecule has 3 aromatic carbocycles. The van der Waals surface area contributed by atoms with Crippen molar-refractivity contribution in [2.24, 2.45) is 0 Å². The summed E-state index contributed by atoms with van der Waals surface area (Å²) in [5, 5.41) is 51.4. The van der Waals surface area contributed by atoms with Crippen molar-refractivity contribution in [3.63, 3.8) is 0 Å². The minimum atomic E-state index is -0.500. The zero-order chi connectivity index (χ0) is 20.7. The number of phenols is 4. The minimum absolute atomic E-state index is 0.0390. The fourth-order valence-electron chi connectivity index (χ4n) is 3.00. The number of phenolic OH excluding ortho intramolecular Hbond substituents is 4. The molecule has 0 bridgehead atoms. The average Bonchev–Trinajstić information content (AvgIpc) is 2.69. The molecule has 0 atom stereocenters. The van der Waals surface area contributed by atoms with E-state index in [-0.39, 0.29) is 41.2 Å². The Kier molecular flexibility index (Phi) is 4.19. The van der Waals surface area contributed by atoms with Crippen LogP contribution < -0.4 is 4.74 Å². The molecule has 0 aliphatic rings. The molecule has 29 heavy (non-hydrogen) atoms. The molecule has 4 rings (SSSR count). The number of nitro groups is 1. The first kappa shape index (κ1) is 18.1. The monoisotopic (exact) mass is 394 g/mol. The van der Waals surface area contributed by atoms with Gasteiger partial charge in [0.1, 0.15) is 6.61 Å². The van der Waals surface area contributed by atoms with Crippen molar-refractivity contribution in [3.05, 3.63) is 64.2 Å². The Morgan fingerprint density at radius 3 is 2.00 bits per heavy atom. The van der Waals surface area contributed by atoms with Crippen LogP contribution in [0.1, 0.15) is 5.56 Å². The van der Waals surface area contributed by atoms with Gasteiger partial charge in [0.15, 0.2) is 23.0 Å². The van der Waals surface area contributed by atoms with Gasteiger partial charge in [0.2, 0.25) is 5.88 Å². The van der Waals surface area contributed by atoms with Gasteiger partial charge in [-0.1, -0.05) is 0 Å². The third-order valence-electron chi connectivity index (χ3n) is 4.47. The molecule has 9 nitrogen and oxygen atoms in total. The number of pyridine rings is 1. The molecule has 9 heteroatoms. The van der Waals surface area contributed by atoms with Crippen LogP contribution in [0.15, 0.2) is 48.5 Å². The molecule has 0 radical (unpaired) electrons. The molecule has 0 aliphatic heterocycles. The molecule has 0 amide bonds. The molecule has 0 fully saturated rings. The maximum Gasteiger partial charge on any atom is 0.269 e. The van der Waals surface area contributed by atoms with Crippen molar-refractivity contribution in [3.8, 4) is 28.9 Å². The van der Waals surface area contributed by atoms with Crippen LogP contribution in [-0.2, 0) is 6.61 Å². The van der Waals surface area contributed by atoms with Gasteiger partial charge in [-0.15, -0.1) is 0 Å². The SMILES string of the molecule is O=[N+]([O-])c1ccc(COc2nc3cc(O)c(O)cc3c3cc(O)c(O)cc23)cc1. The smallest absolute Gasteiger partial charge is 0.269 e. The predicted molar refractivity (Wildman–Crippen MR) is 103 cm³/mol. The number of nitro benzene ring substituents is 1. The van der Waals surface area contributed by atoms with Crippen LogP contribution in [0.25, 0.3) is 21.7 Å². The maximum absolute atomic E-state index is 10.8. The van der Waals surface area contributed by atoms with E-state index in [2.05, 4.69) is 4.98 Å². The molecule has 0 unspecified atom stereocenters. The van der Waals surface area contributed by atoms with Crippen molar-refractivity contribution >= 4 is 27.4 Å². The highest BCUT2D eigenvalue weighted by Gasteiger charge is 2.15. The Morgan fingerprint density at radius 1 is 0.828 bits per heavy atom. The lowest BCUT2D eigenvalue weighted by atomic mass is 10.0. The fraction of sp³-hybridized carbons (Fsp3) is 0.0500. The van der Waals surface area contributed by atoms with Crippen LogP contribution in [-0.4, -0.2) is 30.3 Å². The van der Waals surface area contributed by atoms with Gasteiger partial charge in [0.25, 0.3) is 5.69 Å². The molecule has 146 valence electrons. The first-order valence-corrected chi connectivity index (χ1v) is 8.41. The van der Waals surface area contributed by atoms with E-state index in [9.17, 15) is 30.5 Å². The Hall–Kier alpha value is -4.27. The number of aromatic hydroxyl groups is 4. The van der Waals surface area contributed by atoms with Gasteiger partial charge in [0, 0.05) is 34.4 Å². The van der Waals surface area contributed by atoms with Gasteiger partial charge in [-0.2, -0.15) is 0 Å². The number of nitrogens with zero attached hydrogens (tertiary/aromatic N) is 2. The summed E-state index contributed by atoms with van der Waals surface area (Å²) in [7, 11) is 0. The van der Waals surface area contributed by atoms with Crippen molar-refractivity contribution in [2.45, 2.75) is 6.61 Å².